The van der Waals surface area contributed by atoms with E-state index < -0.39 is 0 Å². The summed E-state index contributed by atoms with van der Waals surface area (Å²) >= 11 is 0. The van der Waals surface area contributed by atoms with Crippen LogP contribution >= 0.6 is 0 Å². The maximum atomic E-state index is 12.9. The molecule has 1 aromatic heterocycles. The number of hydrogen-bond acceptors (Lipinski definition) is 6. The van der Waals surface area contributed by atoms with Crippen molar-refractivity contribution in [2.45, 2.75) is 12.5 Å². The molecule has 3 rings (SSSR count). The molecule has 0 saturated carbocycles. The van der Waals surface area contributed by atoms with E-state index in [0.29, 0.717) is 35.9 Å². The van der Waals surface area contributed by atoms with Crippen LogP contribution in [0, 0.1) is 0 Å². The second kappa shape index (κ2) is 6.77. The summed E-state index contributed by atoms with van der Waals surface area (Å²) in [6.07, 6.45) is 4.29. The van der Waals surface area contributed by atoms with Crippen molar-refractivity contribution in [2.24, 2.45) is 0 Å². The summed E-state index contributed by atoms with van der Waals surface area (Å²) in [7, 11) is 4.57. The Kier molecular flexibility index (Phi) is 4.54. The van der Waals surface area contributed by atoms with Gasteiger partial charge in [0, 0.05) is 19.3 Å². The number of likely N-dealkylation sites (tertiary alicyclic amines) is 1. The summed E-state index contributed by atoms with van der Waals surface area (Å²) < 4.78 is 17.8. The molecule has 0 bridgehead atoms. The van der Waals surface area contributed by atoms with Crippen LogP contribution in [0.2, 0.25) is 0 Å². The van der Waals surface area contributed by atoms with Gasteiger partial charge in [0.1, 0.15) is 0 Å². The minimum Gasteiger partial charge on any atom is -0.493 e. The molecule has 0 radical (unpaired) electrons. The van der Waals surface area contributed by atoms with Crippen LogP contribution in [0.15, 0.2) is 24.5 Å². The highest BCUT2D eigenvalue weighted by molar-refractivity contribution is 5.98. The minimum absolute atomic E-state index is 0.101. The van der Waals surface area contributed by atoms with Gasteiger partial charge in [-0.3, -0.25) is 4.79 Å². The Bertz CT molecular complexity index is 717. The molecule has 0 aliphatic carbocycles. The molecule has 8 nitrogen and oxygen atoms in total. The monoisotopic (exact) mass is 332 g/mol. The molecular formula is C16H20N4O4. The Hall–Kier alpha value is -2.77. The predicted octanol–water partition coefficient (Wildman–Crippen LogP) is 1.39. The van der Waals surface area contributed by atoms with E-state index in [2.05, 4.69) is 10.3 Å². The summed E-state index contributed by atoms with van der Waals surface area (Å²) in [6, 6.07) is 3.55. The third kappa shape index (κ3) is 2.75. The van der Waals surface area contributed by atoms with Gasteiger partial charge in [0.15, 0.2) is 11.5 Å². The Morgan fingerprint density at radius 1 is 1.17 bits per heavy atom. The Morgan fingerprint density at radius 3 is 2.58 bits per heavy atom. The smallest absolute Gasteiger partial charge is 0.257 e. The van der Waals surface area contributed by atoms with Crippen molar-refractivity contribution < 1.29 is 19.0 Å². The van der Waals surface area contributed by atoms with Crippen LogP contribution in [0.3, 0.4) is 0 Å². The molecule has 8 heteroatoms. The Balaban J connectivity index is 1.85. The first-order valence-corrected chi connectivity index (χ1v) is 7.63. The van der Waals surface area contributed by atoms with Crippen LogP contribution in [0.5, 0.6) is 17.2 Å². The highest BCUT2D eigenvalue weighted by Gasteiger charge is 2.31. The van der Waals surface area contributed by atoms with Crippen molar-refractivity contribution in [1.82, 2.24) is 19.9 Å². The number of benzene rings is 1. The van der Waals surface area contributed by atoms with Gasteiger partial charge in [-0.2, -0.15) is 0 Å². The SMILES string of the molecule is COc1ccc(C(=O)N2CC[C@@H](n3ccnn3)C2)c(OC)c1OC. The first kappa shape index (κ1) is 16.1. The zero-order valence-corrected chi connectivity index (χ0v) is 13.9. The molecule has 24 heavy (non-hydrogen) atoms. The fraction of sp³-hybridized carbons (Fsp3) is 0.438. The second-order valence-corrected chi connectivity index (χ2v) is 5.46. The van der Waals surface area contributed by atoms with Crippen LogP contribution in [0.1, 0.15) is 22.8 Å². The van der Waals surface area contributed by atoms with E-state index in [0.717, 1.165) is 6.42 Å². The number of ether oxygens (including phenoxy) is 3. The molecule has 0 spiro atoms. The van der Waals surface area contributed by atoms with Crippen LogP contribution in [-0.4, -0.2) is 60.2 Å². The number of aromatic nitrogens is 3. The zero-order valence-electron chi connectivity index (χ0n) is 13.9. The fourth-order valence-corrected chi connectivity index (χ4v) is 2.99. The average Bonchev–Trinajstić information content (AvgIpc) is 3.30. The topological polar surface area (TPSA) is 78.7 Å². The normalized spacial score (nSPS) is 17.0. The van der Waals surface area contributed by atoms with Gasteiger partial charge >= 0.3 is 0 Å². The fourth-order valence-electron chi connectivity index (χ4n) is 2.99. The van der Waals surface area contributed by atoms with Crippen molar-refractivity contribution >= 4 is 5.91 Å². The molecule has 1 amide bonds. The summed E-state index contributed by atoms with van der Waals surface area (Å²) in [5.41, 5.74) is 0.453. The molecule has 0 N–H and O–H groups in total. The van der Waals surface area contributed by atoms with Gasteiger partial charge in [0.25, 0.3) is 5.91 Å². The molecule has 1 fully saturated rings. The van der Waals surface area contributed by atoms with E-state index in [1.807, 2.05) is 6.20 Å². The van der Waals surface area contributed by atoms with Crippen LogP contribution in [0.4, 0.5) is 0 Å². The van der Waals surface area contributed by atoms with Crippen molar-refractivity contribution in [3.05, 3.63) is 30.1 Å². The zero-order chi connectivity index (χ0) is 17.1. The van der Waals surface area contributed by atoms with Gasteiger partial charge in [-0.15, -0.1) is 5.10 Å². The van der Waals surface area contributed by atoms with E-state index in [1.165, 1.54) is 14.2 Å². The van der Waals surface area contributed by atoms with E-state index in [9.17, 15) is 4.79 Å². The number of carbonyl (C=O) groups is 1. The molecule has 0 unspecified atom stereocenters. The first-order chi connectivity index (χ1) is 11.7. The van der Waals surface area contributed by atoms with Crippen LogP contribution in [0.25, 0.3) is 0 Å². The second-order valence-electron chi connectivity index (χ2n) is 5.46. The van der Waals surface area contributed by atoms with E-state index >= 15 is 0 Å². The maximum absolute atomic E-state index is 12.9. The third-order valence-electron chi connectivity index (χ3n) is 4.20. The molecule has 1 aromatic carbocycles. The standard InChI is InChI=1S/C16H20N4O4/c1-22-13-5-4-12(14(23-2)15(13)24-3)16(21)19-8-6-11(10-19)20-9-7-17-18-20/h4-5,7,9,11H,6,8,10H2,1-3H3/t11-/m1/s1. The lowest BCUT2D eigenvalue weighted by Crippen LogP contribution is -2.29. The van der Waals surface area contributed by atoms with Crippen molar-refractivity contribution in [3.63, 3.8) is 0 Å². The van der Waals surface area contributed by atoms with Crippen molar-refractivity contribution in [2.75, 3.05) is 34.4 Å². The number of nitrogens with zero attached hydrogens (tertiary/aromatic N) is 4. The van der Waals surface area contributed by atoms with E-state index in [4.69, 9.17) is 14.2 Å². The molecule has 128 valence electrons. The lowest BCUT2D eigenvalue weighted by molar-refractivity contribution is 0.0782. The third-order valence-corrected chi connectivity index (χ3v) is 4.20. The number of hydrogen-bond donors (Lipinski definition) is 0. The number of methoxy groups -OCH3 is 3. The van der Waals surface area contributed by atoms with Gasteiger partial charge < -0.3 is 19.1 Å². The minimum atomic E-state index is -0.101. The highest BCUT2D eigenvalue weighted by atomic mass is 16.5. The number of rotatable bonds is 5. The summed E-state index contributed by atoms with van der Waals surface area (Å²) in [5, 5.41) is 7.84. The average molecular weight is 332 g/mol. The Morgan fingerprint density at radius 2 is 1.96 bits per heavy atom. The molecule has 1 saturated heterocycles. The van der Waals surface area contributed by atoms with Gasteiger partial charge in [-0.25, -0.2) is 4.68 Å². The molecule has 1 atom stereocenters. The number of carbonyl (C=O) groups excluding carboxylic acids is 1. The van der Waals surface area contributed by atoms with Gasteiger partial charge in [0.2, 0.25) is 5.75 Å². The molecule has 1 aliphatic heterocycles. The molecule has 1 aliphatic rings. The summed E-state index contributed by atoms with van der Waals surface area (Å²) in [6.45, 7) is 1.24. The Labute approximate surface area is 139 Å². The lowest BCUT2D eigenvalue weighted by Gasteiger charge is -2.20. The van der Waals surface area contributed by atoms with Gasteiger partial charge in [-0.05, 0) is 18.6 Å². The molecular weight excluding hydrogens is 312 g/mol. The summed E-state index contributed by atoms with van der Waals surface area (Å²) in [4.78, 5) is 14.7. The van der Waals surface area contributed by atoms with Crippen LogP contribution in [-0.2, 0) is 0 Å². The number of amides is 1. The van der Waals surface area contributed by atoms with Gasteiger partial charge in [0.05, 0.1) is 39.1 Å². The van der Waals surface area contributed by atoms with Crippen molar-refractivity contribution in [3.8, 4) is 17.2 Å². The quantitative estimate of drug-likeness (QED) is 0.823. The molecule has 2 aromatic rings. The van der Waals surface area contributed by atoms with Crippen LogP contribution < -0.4 is 14.2 Å². The van der Waals surface area contributed by atoms with E-state index in [1.54, 1.807) is 35.0 Å². The molecule has 2 heterocycles. The van der Waals surface area contributed by atoms with Crippen molar-refractivity contribution in [1.29, 1.82) is 0 Å². The van der Waals surface area contributed by atoms with E-state index in [-0.39, 0.29) is 11.9 Å². The highest BCUT2D eigenvalue weighted by Crippen LogP contribution is 2.40. The largest absolute Gasteiger partial charge is 0.493 e. The first-order valence-electron chi connectivity index (χ1n) is 7.63. The lowest BCUT2D eigenvalue weighted by atomic mass is 10.1. The summed E-state index contributed by atoms with van der Waals surface area (Å²) in [5.74, 6) is 1.21. The maximum Gasteiger partial charge on any atom is 0.257 e. The van der Waals surface area contributed by atoms with Gasteiger partial charge in [-0.1, -0.05) is 5.21 Å². The predicted molar refractivity (Wildman–Crippen MR) is 85.7 cm³/mol.